The Morgan fingerprint density at radius 3 is 2.52 bits per heavy atom. The molecule has 0 spiro atoms. The number of β-amino-alcohol motifs (C(OH)–C–C–N with tert-alkyl or cyclic N) is 1. The first-order valence-corrected chi connectivity index (χ1v) is 9.83. The van der Waals surface area contributed by atoms with Crippen molar-refractivity contribution in [1.82, 2.24) is 9.88 Å². The van der Waals surface area contributed by atoms with Gasteiger partial charge in [-0.15, -0.1) is 0 Å². The average molecular weight is 426 g/mol. The maximum Gasteiger partial charge on any atom is 0.416 e. The lowest BCUT2D eigenvalue weighted by Gasteiger charge is -2.33. The minimum Gasteiger partial charge on any atom is -0.491 e. The first-order valence-electron chi connectivity index (χ1n) is 9.83. The maximum absolute atomic E-state index is 12.7. The van der Waals surface area contributed by atoms with Crippen molar-refractivity contribution in [2.75, 3.05) is 13.2 Å². The summed E-state index contributed by atoms with van der Waals surface area (Å²) in [5, 5.41) is 10.6. The zero-order chi connectivity index (χ0) is 21.8. The summed E-state index contributed by atoms with van der Waals surface area (Å²) in [7, 11) is 0. The fourth-order valence-corrected chi connectivity index (χ4v) is 3.53. The van der Waals surface area contributed by atoms with E-state index in [1.54, 1.807) is 12.4 Å². The molecule has 0 saturated heterocycles. The molecule has 0 radical (unpaired) electrons. The fourth-order valence-electron chi connectivity index (χ4n) is 3.53. The van der Waals surface area contributed by atoms with Crippen molar-refractivity contribution < 1.29 is 23.0 Å². The predicted octanol–water partition coefficient (Wildman–Crippen LogP) is 4.85. The first kappa shape index (κ1) is 20.9. The molecule has 4 rings (SSSR count). The van der Waals surface area contributed by atoms with E-state index in [0.717, 1.165) is 34.5 Å². The number of hydrogen-bond acceptors (Lipinski definition) is 4. The smallest absolute Gasteiger partial charge is 0.416 e. The van der Waals surface area contributed by atoms with E-state index in [-0.39, 0.29) is 12.4 Å². The van der Waals surface area contributed by atoms with Gasteiger partial charge >= 0.3 is 6.18 Å². The Kier molecular flexibility index (Phi) is 5.95. The molecule has 1 aliphatic heterocycles. The van der Waals surface area contributed by atoms with Gasteiger partial charge in [-0.25, -0.2) is 0 Å². The van der Waals surface area contributed by atoms with Crippen molar-refractivity contribution in [1.29, 1.82) is 0 Å². The van der Waals surface area contributed by atoms with E-state index in [4.69, 9.17) is 4.74 Å². The van der Waals surface area contributed by atoms with Crippen LogP contribution in [0.5, 0.6) is 5.75 Å². The Morgan fingerprint density at radius 2 is 1.81 bits per heavy atom. The van der Waals surface area contributed by atoms with E-state index in [0.29, 0.717) is 13.1 Å². The largest absolute Gasteiger partial charge is 0.491 e. The second-order valence-electron chi connectivity index (χ2n) is 7.34. The van der Waals surface area contributed by atoms with E-state index in [1.807, 2.05) is 36.4 Å². The van der Waals surface area contributed by atoms with Gasteiger partial charge in [0.05, 0.1) is 5.56 Å². The second kappa shape index (κ2) is 8.81. The van der Waals surface area contributed by atoms with Gasteiger partial charge in [-0.1, -0.05) is 24.3 Å². The SMILES string of the molecule is OC(COc1ccc(C(F)(F)F)cc1)CN1Cc2ccccc2C=C1c1cccnc1. The lowest BCUT2D eigenvalue weighted by molar-refractivity contribution is -0.137. The third kappa shape index (κ3) is 5.06. The number of alkyl halides is 3. The number of ether oxygens (including phenoxy) is 1. The zero-order valence-electron chi connectivity index (χ0n) is 16.6. The Hall–Kier alpha value is -3.32. The predicted molar refractivity (Wildman–Crippen MR) is 112 cm³/mol. The molecule has 0 fully saturated rings. The molecule has 1 aliphatic rings. The van der Waals surface area contributed by atoms with Crippen LogP contribution in [-0.2, 0) is 12.7 Å². The van der Waals surface area contributed by atoms with Crippen LogP contribution in [0.1, 0.15) is 22.3 Å². The normalized spacial score (nSPS) is 14.6. The Balaban J connectivity index is 1.45. The van der Waals surface area contributed by atoms with E-state index in [9.17, 15) is 18.3 Å². The van der Waals surface area contributed by atoms with E-state index in [1.165, 1.54) is 12.1 Å². The highest BCUT2D eigenvalue weighted by Crippen LogP contribution is 2.32. The first-order chi connectivity index (χ1) is 14.9. The average Bonchev–Trinajstić information content (AvgIpc) is 2.77. The lowest BCUT2D eigenvalue weighted by atomic mass is 9.98. The number of nitrogens with zero attached hydrogens (tertiary/aromatic N) is 2. The third-order valence-electron chi connectivity index (χ3n) is 5.06. The van der Waals surface area contributed by atoms with Crippen LogP contribution in [0.15, 0.2) is 73.1 Å². The van der Waals surface area contributed by atoms with Gasteiger partial charge in [0, 0.05) is 36.7 Å². The molecular formula is C24H21F3N2O2. The fraction of sp³-hybridized carbons (Fsp3) is 0.208. The van der Waals surface area contributed by atoms with Gasteiger partial charge in [0.25, 0.3) is 0 Å². The standard InChI is InChI=1S/C24H21F3N2O2/c25-24(26,27)20-7-9-22(10-8-20)31-16-21(30)15-29-14-19-5-2-1-4-17(19)12-23(29)18-6-3-11-28-13-18/h1-13,21,30H,14-16H2. The van der Waals surface area contributed by atoms with Crippen molar-refractivity contribution in [3.05, 3.63) is 95.3 Å². The topological polar surface area (TPSA) is 45.6 Å². The number of fused-ring (bicyclic) bond motifs is 1. The van der Waals surface area contributed by atoms with Gasteiger partial charge in [0.1, 0.15) is 18.5 Å². The molecule has 2 aromatic carbocycles. The molecule has 1 unspecified atom stereocenters. The molecule has 0 amide bonds. The molecule has 1 aromatic heterocycles. The second-order valence-corrected chi connectivity index (χ2v) is 7.34. The zero-order valence-corrected chi connectivity index (χ0v) is 16.6. The van der Waals surface area contributed by atoms with Crippen LogP contribution in [0.4, 0.5) is 13.2 Å². The number of aromatic nitrogens is 1. The molecule has 1 N–H and O–H groups in total. The summed E-state index contributed by atoms with van der Waals surface area (Å²) in [5.74, 6) is 0.277. The van der Waals surface area contributed by atoms with Crippen LogP contribution in [0, 0.1) is 0 Å². The van der Waals surface area contributed by atoms with E-state index in [2.05, 4.69) is 16.0 Å². The molecule has 7 heteroatoms. The molecular weight excluding hydrogens is 405 g/mol. The maximum atomic E-state index is 12.7. The van der Waals surface area contributed by atoms with Crippen LogP contribution >= 0.6 is 0 Å². The van der Waals surface area contributed by atoms with Crippen LogP contribution in [0.25, 0.3) is 11.8 Å². The Bertz CT molecular complexity index is 1050. The molecule has 0 bridgehead atoms. The highest BCUT2D eigenvalue weighted by Gasteiger charge is 2.30. The van der Waals surface area contributed by atoms with Crippen LogP contribution in [0.3, 0.4) is 0 Å². The Morgan fingerprint density at radius 1 is 1.03 bits per heavy atom. The molecule has 0 aliphatic carbocycles. The highest BCUT2D eigenvalue weighted by atomic mass is 19.4. The summed E-state index contributed by atoms with van der Waals surface area (Å²) in [5.41, 5.74) is 3.41. The van der Waals surface area contributed by atoms with E-state index >= 15 is 0 Å². The molecule has 0 saturated carbocycles. The van der Waals surface area contributed by atoms with Gasteiger partial charge in [0.15, 0.2) is 0 Å². The quantitative estimate of drug-likeness (QED) is 0.612. The van der Waals surface area contributed by atoms with Crippen LogP contribution in [0.2, 0.25) is 0 Å². The van der Waals surface area contributed by atoms with Crippen molar-refractivity contribution in [3.8, 4) is 5.75 Å². The number of aliphatic hydroxyl groups is 1. The minimum absolute atomic E-state index is 0.0379. The van der Waals surface area contributed by atoms with Gasteiger partial charge in [-0.05, 0) is 53.6 Å². The van der Waals surface area contributed by atoms with Gasteiger partial charge in [-0.2, -0.15) is 13.2 Å². The minimum atomic E-state index is -4.39. The molecule has 3 aromatic rings. The summed E-state index contributed by atoms with van der Waals surface area (Å²) in [4.78, 5) is 6.25. The third-order valence-corrected chi connectivity index (χ3v) is 5.06. The number of benzene rings is 2. The van der Waals surface area contributed by atoms with Crippen molar-refractivity contribution in [3.63, 3.8) is 0 Å². The van der Waals surface area contributed by atoms with E-state index < -0.39 is 17.8 Å². The van der Waals surface area contributed by atoms with Crippen LogP contribution < -0.4 is 4.74 Å². The van der Waals surface area contributed by atoms with Gasteiger partial charge < -0.3 is 14.7 Å². The summed E-state index contributed by atoms with van der Waals surface area (Å²) in [6, 6.07) is 16.3. The monoisotopic (exact) mass is 426 g/mol. The lowest BCUT2D eigenvalue weighted by Crippen LogP contribution is -2.35. The summed E-state index contributed by atoms with van der Waals surface area (Å²) >= 11 is 0. The number of hydrogen-bond donors (Lipinski definition) is 1. The van der Waals surface area contributed by atoms with Gasteiger partial charge in [-0.3, -0.25) is 4.98 Å². The summed E-state index contributed by atoms with van der Waals surface area (Å²) in [6.07, 6.45) is 0.319. The molecule has 160 valence electrons. The highest BCUT2D eigenvalue weighted by molar-refractivity contribution is 5.82. The number of halogens is 3. The number of rotatable bonds is 6. The van der Waals surface area contributed by atoms with Gasteiger partial charge in [0.2, 0.25) is 0 Å². The molecule has 1 atom stereocenters. The van der Waals surface area contributed by atoms with Crippen molar-refractivity contribution in [2.45, 2.75) is 18.8 Å². The Labute approximate surface area is 178 Å². The van der Waals surface area contributed by atoms with Crippen molar-refractivity contribution >= 4 is 11.8 Å². The molecule has 2 heterocycles. The molecule has 4 nitrogen and oxygen atoms in total. The molecule has 31 heavy (non-hydrogen) atoms. The number of pyridine rings is 1. The van der Waals surface area contributed by atoms with Crippen LogP contribution in [-0.4, -0.2) is 34.2 Å². The number of aliphatic hydroxyl groups excluding tert-OH is 1. The summed E-state index contributed by atoms with van der Waals surface area (Å²) < 4.78 is 43.6. The summed E-state index contributed by atoms with van der Waals surface area (Å²) in [6.45, 7) is 0.883. The van der Waals surface area contributed by atoms with Crippen molar-refractivity contribution in [2.24, 2.45) is 0 Å².